The van der Waals surface area contributed by atoms with Crippen LogP contribution in [0.5, 0.6) is 0 Å². The number of hydrogen-bond donors (Lipinski definition) is 0. The van der Waals surface area contributed by atoms with Gasteiger partial charge in [-0.25, -0.2) is 0 Å². The van der Waals surface area contributed by atoms with Crippen LogP contribution < -0.4 is 0 Å². The van der Waals surface area contributed by atoms with Crippen molar-refractivity contribution in [3.8, 4) is 11.8 Å². The molecule has 0 N–H and O–H groups in total. The van der Waals surface area contributed by atoms with Gasteiger partial charge in [0, 0.05) is 18.8 Å². The zero-order chi connectivity index (χ0) is 10.4. The average Bonchev–Trinajstić information content (AvgIpc) is 2.66. The van der Waals surface area contributed by atoms with Crippen molar-refractivity contribution in [3.63, 3.8) is 0 Å². The Labute approximate surface area is 87.3 Å². The molecule has 78 valence electrons. The number of carbonyl (C=O) groups excluding carboxylic acids is 1. The van der Waals surface area contributed by atoms with Gasteiger partial charge in [0.15, 0.2) is 0 Å². The first-order valence-corrected chi connectivity index (χ1v) is 5.70. The molecule has 1 saturated carbocycles. The second-order valence-electron chi connectivity index (χ2n) is 4.18. The molecule has 1 nitrogen and oxygen atoms in total. The van der Waals surface area contributed by atoms with Crippen LogP contribution in [0.25, 0.3) is 0 Å². The Morgan fingerprint density at radius 3 is 2.79 bits per heavy atom. The topological polar surface area (TPSA) is 17.1 Å². The Hall–Kier alpha value is -0.770. The van der Waals surface area contributed by atoms with Crippen molar-refractivity contribution >= 4 is 5.78 Å². The maximum atomic E-state index is 11.7. The van der Waals surface area contributed by atoms with Gasteiger partial charge in [-0.05, 0) is 32.1 Å². The van der Waals surface area contributed by atoms with E-state index < -0.39 is 0 Å². The molecule has 1 heteroatoms. The summed E-state index contributed by atoms with van der Waals surface area (Å²) in [6.45, 7) is 4.05. The third-order valence-electron chi connectivity index (χ3n) is 3.25. The monoisotopic (exact) mass is 192 g/mol. The van der Waals surface area contributed by atoms with Crippen LogP contribution in [-0.4, -0.2) is 5.78 Å². The number of ketones is 1. The Balaban J connectivity index is 2.27. The number of rotatable bonds is 4. The molecule has 1 aliphatic rings. The molecule has 0 spiro atoms. The normalized spacial score (nSPS) is 25.6. The summed E-state index contributed by atoms with van der Waals surface area (Å²) in [5.74, 6) is 7.40. The molecule has 0 aromatic heterocycles. The molecule has 0 aromatic rings. The van der Waals surface area contributed by atoms with E-state index in [-0.39, 0.29) is 0 Å². The van der Waals surface area contributed by atoms with Crippen molar-refractivity contribution in [2.24, 2.45) is 11.8 Å². The number of Topliss-reactive ketones (excluding diaryl/α,β-unsaturated/α-hetero) is 1. The molecule has 0 aromatic carbocycles. The summed E-state index contributed by atoms with van der Waals surface area (Å²) in [6, 6.07) is 0. The fraction of sp³-hybridized carbons (Fsp3) is 0.769. The Bertz CT molecular complexity index is 244. The lowest BCUT2D eigenvalue weighted by atomic mass is 9.96. The van der Waals surface area contributed by atoms with Gasteiger partial charge in [-0.2, -0.15) is 0 Å². The van der Waals surface area contributed by atoms with Gasteiger partial charge in [0.2, 0.25) is 0 Å². The lowest BCUT2D eigenvalue weighted by molar-refractivity contribution is -0.122. The van der Waals surface area contributed by atoms with Crippen LogP contribution in [0.1, 0.15) is 52.4 Å². The molecule has 14 heavy (non-hydrogen) atoms. The zero-order valence-electron chi connectivity index (χ0n) is 9.31. The summed E-state index contributed by atoms with van der Waals surface area (Å²) >= 11 is 0. The molecule has 0 heterocycles. The molecule has 0 bridgehead atoms. The summed E-state index contributed by atoms with van der Waals surface area (Å²) in [5.41, 5.74) is 0. The molecule has 0 saturated heterocycles. The van der Waals surface area contributed by atoms with Crippen LogP contribution in [0.2, 0.25) is 0 Å². The quantitative estimate of drug-likeness (QED) is 0.625. The number of carbonyl (C=O) groups is 1. The van der Waals surface area contributed by atoms with Crippen molar-refractivity contribution in [2.75, 3.05) is 0 Å². The van der Waals surface area contributed by atoms with Gasteiger partial charge in [0.05, 0.1) is 0 Å². The standard InChI is InChI=1S/C13H20O/c1-3-5-6-7-13(14)12-9-8-11(4-2)10-12/h11-12H,4,6-10H2,1-2H3. The van der Waals surface area contributed by atoms with Gasteiger partial charge < -0.3 is 0 Å². The summed E-state index contributed by atoms with van der Waals surface area (Å²) in [7, 11) is 0. The second-order valence-corrected chi connectivity index (χ2v) is 4.18. The summed E-state index contributed by atoms with van der Waals surface area (Å²) in [4.78, 5) is 11.7. The molecule has 1 rings (SSSR count). The fourth-order valence-corrected chi connectivity index (χ4v) is 2.25. The van der Waals surface area contributed by atoms with Crippen LogP contribution in [0.4, 0.5) is 0 Å². The van der Waals surface area contributed by atoms with Gasteiger partial charge >= 0.3 is 0 Å². The smallest absolute Gasteiger partial charge is 0.136 e. The first kappa shape index (κ1) is 11.3. The first-order chi connectivity index (χ1) is 6.77. The minimum atomic E-state index is 0.360. The average molecular weight is 192 g/mol. The lowest BCUT2D eigenvalue weighted by Crippen LogP contribution is -2.10. The van der Waals surface area contributed by atoms with Gasteiger partial charge in [-0.3, -0.25) is 4.79 Å². The van der Waals surface area contributed by atoms with E-state index in [0.29, 0.717) is 18.1 Å². The second kappa shape index (κ2) is 5.86. The van der Waals surface area contributed by atoms with Gasteiger partial charge in [0.25, 0.3) is 0 Å². The van der Waals surface area contributed by atoms with E-state index in [0.717, 1.165) is 25.2 Å². The fourth-order valence-electron chi connectivity index (χ4n) is 2.25. The van der Waals surface area contributed by atoms with Crippen molar-refractivity contribution in [1.29, 1.82) is 0 Å². The minimum Gasteiger partial charge on any atom is -0.299 e. The predicted octanol–water partition coefficient (Wildman–Crippen LogP) is 3.19. The third-order valence-corrected chi connectivity index (χ3v) is 3.25. The van der Waals surface area contributed by atoms with Crippen LogP contribution in [0, 0.1) is 23.7 Å². The van der Waals surface area contributed by atoms with Crippen molar-refractivity contribution in [2.45, 2.75) is 52.4 Å². The minimum absolute atomic E-state index is 0.360. The van der Waals surface area contributed by atoms with E-state index in [1.54, 1.807) is 0 Å². The van der Waals surface area contributed by atoms with E-state index in [4.69, 9.17) is 0 Å². The summed E-state index contributed by atoms with van der Waals surface area (Å²) < 4.78 is 0. The highest BCUT2D eigenvalue weighted by atomic mass is 16.1. The summed E-state index contributed by atoms with van der Waals surface area (Å²) in [6.07, 6.45) is 6.17. The molecule has 0 radical (unpaired) electrons. The highest BCUT2D eigenvalue weighted by molar-refractivity contribution is 5.81. The molecule has 2 atom stereocenters. The van der Waals surface area contributed by atoms with Gasteiger partial charge in [-0.1, -0.05) is 13.3 Å². The van der Waals surface area contributed by atoms with Gasteiger partial charge in [0.1, 0.15) is 5.78 Å². The Kier molecular flexibility index (Phi) is 4.73. The maximum absolute atomic E-state index is 11.7. The Morgan fingerprint density at radius 2 is 2.21 bits per heavy atom. The summed E-state index contributed by atoms with van der Waals surface area (Å²) in [5, 5.41) is 0. The van der Waals surface area contributed by atoms with Crippen LogP contribution >= 0.6 is 0 Å². The predicted molar refractivity (Wildman–Crippen MR) is 58.8 cm³/mol. The van der Waals surface area contributed by atoms with Crippen LogP contribution in [-0.2, 0) is 4.79 Å². The van der Waals surface area contributed by atoms with E-state index in [1.165, 1.54) is 12.8 Å². The Morgan fingerprint density at radius 1 is 1.43 bits per heavy atom. The van der Waals surface area contributed by atoms with Crippen LogP contribution in [0.3, 0.4) is 0 Å². The highest BCUT2D eigenvalue weighted by Gasteiger charge is 2.27. The molecular formula is C13H20O. The van der Waals surface area contributed by atoms with Crippen molar-refractivity contribution in [1.82, 2.24) is 0 Å². The first-order valence-electron chi connectivity index (χ1n) is 5.70. The highest BCUT2D eigenvalue weighted by Crippen LogP contribution is 2.34. The van der Waals surface area contributed by atoms with Crippen molar-refractivity contribution in [3.05, 3.63) is 0 Å². The van der Waals surface area contributed by atoms with E-state index in [2.05, 4.69) is 18.8 Å². The molecular weight excluding hydrogens is 172 g/mol. The van der Waals surface area contributed by atoms with E-state index in [1.807, 2.05) is 6.92 Å². The maximum Gasteiger partial charge on any atom is 0.136 e. The number of hydrogen-bond acceptors (Lipinski definition) is 1. The third kappa shape index (κ3) is 3.18. The lowest BCUT2D eigenvalue weighted by Gasteiger charge is -2.07. The largest absolute Gasteiger partial charge is 0.299 e. The molecule has 2 unspecified atom stereocenters. The SMILES string of the molecule is CC#CCCC(=O)C1CCC(CC)C1. The van der Waals surface area contributed by atoms with E-state index in [9.17, 15) is 4.79 Å². The molecule has 0 amide bonds. The van der Waals surface area contributed by atoms with Gasteiger partial charge in [-0.15, -0.1) is 11.8 Å². The molecule has 1 fully saturated rings. The molecule has 1 aliphatic carbocycles. The van der Waals surface area contributed by atoms with E-state index >= 15 is 0 Å². The van der Waals surface area contributed by atoms with Crippen molar-refractivity contribution < 1.29 is 4.79 Å². The van der Waals surface area contributed by atoms with Crippen LogP contribution in [0.15, 0.2) is 0 Å². The zero-order valence-corrected chi connectivity index (χ0v) is 9.31. The molecule has 0 aliphatic heterocycles.